The van der Waals surface area contributed by atoms with Crippen molar-refractivity contribution in [2.75, 3.05) is 17.6 Å². The number of hydrogen-bond acceptors (Lipinski definition) is 3. The summed E-state index contributed by atoms with van der Waals surface area (Å²) in [6, 6.07) is 0. The van der Waals surface area contributed by atoms with Gasteiger partial charge in [-0.2, -0.15) is 5.10 Å². The van der Waals surface area contributed by atoms with E-state index in [1.54, 1.807) is 6.20 Å². The van der Waals surface area contributed by atoms with Crippen molar-refractivity contribution in [2.24, 2.45) is 11.8 Å². The minimum atomic E-state index is 0.641. The molecule has 1 aliphatic carbocycles. The largest absolute Gasteiger partial charge is 0.382 e. The van der Waals surface area contributed by atoms with E-state index in [9.17, 15) is 0 Å². The summed E-state index contributed by atoms with van der Waals surface area (Å²) in [6.45, 7) is 3.33. The van der Waals surface area contributed by atoms with Gasteiger partial charge in [0.2, 0.25) is 0 Å². The van der Waals surface area contributed by atoms with Crippen LogP contribution in [-0.2, 0) is 0 Å². The summed E-state index contributed by atoms with van der Waals surface area (Å²) >= 11 is 0. The van der Waals surface area contributed by atoms with E-state index in [1.165, 1.54) is 32.1 Å². The van der Waals surface area contributed by atoms with Crippen molar-refractivity contribution in [2.45, 2.75) is 39.0 Å². The Morgan fingerprint density at radius 3 is 2.62 bits per heavy atom. The number of nitrogens with zero attached hydrogens (tertiary/aromatic N) is 1. The van der Waals surface area contributed by atoms with Crippen LogP contribution in [0.15, 0.2) is 6.20 Å². The summed E-state index contributed by atoms with van der Waals surface area (Å²) in [5.74, 6) is 2.41. The van der Waals surface area contributed by atoms with Gasteiger partial charge in [-0.05, 0) is 24.7 Å². The lowest BCUT2D eigenvalue weighted by Gasteiger charge is -2.27. The second-order valence-corrected chi connectivity index (χ2v) is 4.87. The van der Waals surface area contributed by atoms with Gasteiger partial charge in [0.1, 0.15) is 5.82 Å². The maximum Gasteiger partial charge on any atom is 0.142 e. The first-order valence-electron chi connectivity index (χ1n) is 6.32. The van der Waals surface area contributed by atoms with Gasteiger partial charge in [0.25, 0.3) is 0 Å². The van der Waals surface area contributed by atoms with E-state index in [1.807, 2.05) is 0 Å². The molecule has 90 valence electrons. The van der Waals surface area contributed by atoms with Gasteiger partial charge in [-0.15, -0.1) is 0 Å². The van der Waals surface area contributed by atoms with E-state index < -0.39 is 0 Å². The summed E-state index contributed by atoms with van der Waals surface area (Å²) in [5, 5.41) is 10.0. The van der Waals surface area contributed by atoms with Crippen LogP contribution in [0.3, 0.4) is 0 Å². The molecular weight excluding hydrogens is 200 g/mol. The van der Waals surface area contributed by atoms with E-state index in [2.05, 4.69) is 22.4 Å². The standard InChI is InChI=1S/C12H22N4/c1-2-9-3-5-10(6-4-9)7-14-11-8-15-16-12(11)13/h8-10,14H,2-7H2,1H3,(H3,13,15,16). The molecule has 1 aliphatic rings. The fourth-order valence-electron chi connectivity index (χ4n) is 2.54. The number of nitrogens with two attached hydrogens (primary N) is 1. The second-order valence-electron chi connectivity index (χ2n) is 4.87. The topological polar surface area (TPSA) is 66.7 Å². The summed E-state index contributed by atoms with van der Waals surface area (Å²) in [5.41, 5.74) is 6.66. The SMILES string of the molecule is CCC1CCC(CNc2cn[nH]c2N)CC1. The van der Waals surface area contributed by atoms with Crippen LogP contribution in [0.25, 0.3) is 0 Å². The molecule has 0 aliphatic heterocycles. The monoisotopic (exact) mass is 222 g/mol. The van der Waals surface area contributed by atoms with Crippen molar-refractivity contribution in [3.05, 3.63) is 6.20 Å². The molecular formula is C12H22N4. The Morgan fingerprint density at radius 2 is 2.06 bits per heavy atom. The number of aromatic nitrogens is 2. The van der Waals surface area contributed by atoms with Crippen molar-refractivity contribution >= 4 is 11.5 Å². The Labute approximate surface area is 97.0 Å². The third kappa shape index (κ3) is 2.68. The average Bonchev–Trinajstić information content (AvgIpc) is 2.73. The quantitative estimate of drug-likeness (QED) is 0.733. The van der Waals surface area contributed by atoms with Gasteiger partial charge in [-0.3, -0.25) is 5.10 Å². The molecule has 1 heterocycles. The predicted molar refractivity (Wildman–Crippen MR) is 67.2 cm³/mol. The summed E-state index contributed by atoms with van der Waals surface area (Å²) in [6.07, 6.45) is 8.59. The van der Waals surface area contributed by atoms with Crippen molar-refractivity contribution in [3.63, 3.8) is 0 Å². The predicted octanol–water partition coefficient (Wildman–Crippen LogP) is 2.62. The Kier molecular flexibility index (Phi) is 3.70. The van der Waals surface area contributed by atoms with Crippen LogP contribution in [-0.4, -0.2) is 16.7 Å². The molecule has 1 aromatic rings. The molecule has 4 N–H and O–H groups in total. The number of nitrogens with one attached hydrogen (secondary N) is 2. The molecule has 0 spiro atoms. The molecule has 0 saturated heterocycles. The number of rotatable bonds is 4. The normalized spacial score (nSPS) is 25.6. The van der Waals surface area contributed by atoms with E-state index in [4.69, 9.17) is 5.73 Å². The molecule has 1 fully saturated rings. The highest BCUT2D eigenvalue weighted by Crippen LogP contribution is 2.30. The van der Waals surface area contributed by atoms with Gasteiger partial charge in [-0.1, -0.05) is 26.2 Å². The van der Waals surface area contributed by atoms with Crippen LogP contribution in [0.1, 0.15) is 39.0 Å². The van der Waals surface area contributed by atoms with Crippen LogP contribution in [0, 0.1) is 11.8 Å². The summed E-state index contributed by atoms with van der Waals surface area (Å²) in [4.78, 5) is 0. The lowest BCUT2D eigenvalue weighted by molar-refractivity contribution is 0.278. The fraction of sp³-hybridized carbons (Fsp3) is 0.750. The molecule has 2 rings (SSSR count). The lowest BCUT2D eigenvalue weighted by atomic mass is 9.81. The van der Waals surface area contributed by atoms with Gasteiger partial charge in [0.05, 0.1) is 11.9 Å². The minimum absolute atomic E-state index is 0.641. The molecule has 1 aromatic heterocycles. The average molecular weight is 222 g/mol. The molecule has 0 unspecified atom stereocenters. The Morgan fingerprint density at radius 1 is 1.38 bits per heavy atom. The van der Waals surface area contributed by atoms with Crippen LogP contribution >= 0.6 is 0 Å². The first-order chi connectivity index (χ1) is 7.79. The summed E-state index contributed by atoms with van der Waals surface area (Å²) < 4.78 is 0. The Hall–Kier alpha value is -1.19. The third-order valence-electron chi connectivity index (χ3n) is 3.79. The highest BCUT2D eigenvalue weighted by atomic mass is 15.2. The van der Waals surface area contributed by atoms with E-state index in [0.717, 1.165) is 24.1 Å². The van der Waals surface area contributed by atoms with E-state index in [0.29, 0.717) is 5.82 Å². The van der Waals surface area contributed by atoms with Gasteiger partial charge in [0, 0.05) is 6.54 Å². The number of nitrogen functional groups attached to an aromatic ring is 1. The highest BCUT2D eigenvalue weighted by molar-refractivity contribution is 5.59. The molecule has 4 nitrogen and oxygen atoms in total. The number of aromatic amines is 1. The molecule has 1 saturated carbocycles. The Bertz CT molecular complexity index is 313. The Balaban J connectivity index is 1.73. The molecule has 0 atom stereocenters. The highest BCUT2D eigenvalue weighted by Gasteiger charge is 2.19. The molecule has 0 radical (unpaired) electrons. The van der Waals surface area contributed by atoms with Crippen LogP contribution in [0.5, 0.6) is 0 Å². The zero-order chi connectivity index (χ0) is 11.4. The first kappa shape index (κ1) is 11.3. The third-order valence-corrected chi connectivity index (χ3v) is 3.79. The first-order valence-corrected chi connectivity index (χ1v) is 6.32. The number of H-pyrrole nitrogens is 1. The maximum atomic E-state index is 5.72. The second kappa shape index (κ2) is 5.23. The molecule has 4 heteroatoms. The molecule has 0 amide bonds. The van der Waals surface area contributed by atoms with Crippen LogP contribution in [0.2, 0.25) is 0 Å². The molecule has 16 heavy (non-hydrogen) atoms. The lowest BCUT2D eigenvalue weighted by Crippen LogP contribution is -2.21. The molecule has 0 aromatic carbocycles. The van der Waals surface area contributed by atoms with E-state index >= 15 is 0 Å². The van der Waals surface area contributed by atoms with Crippen molar-refractivity contribution in [1.82, 2.24) is 10.2 Å². The van der Waals surface area contributed by atoms with Gasteiger partial charge < -0.3 is 11.1 Å². The fourth-order valence-corrected chi connectivity index (χ4v) is 2.54. The summed E-state index contributed by atoms with van der Waals surface area (Å²) in [7, 11) is 0. The number of hydrogen-bond donors (Lipinski definition) is 3. The molecule has 0 bridgehead atoms. The van der Waals surface area contributed by atoms with Crippen molar-refractivity contribution in [3.8, 4) is 0 Å². The zero-order valence-electron chi connectivity index (χ0n) is 10.00. The van der Waals surface area contributed by atoms with Crippen LogP contribution < -0.4 is 11.1 Å². The minimum Gasteiger partial charge on any atom is -0.382 e. The van der Waals surface area contributed by atoms with Crippen molar-refractivity contribution < 1.29 is 0 Å². The van der Waals surface area contributed by atoms with Gasteiger partial charge >= 0.3 is 0 Å². The van der Waals surface area contributed by atoms with Gasteiger partial charge in [-0.25, -0.2) is 0 Å². The zero-order valence-corrected chi connectivity index (χ0v) is 10.00. The van der Waals surface area contributed by atoms with E-state index in [-0.39, 0.29) is 0 Å². The van der Waals surface area contributed by atoms with Gasteiger partial charge in [0.15, 0.2) is 0 Å². The van der Waals surface area contributed by atoms with Crippen LogP contribution in [0.4, 0.5) is 11.5 Å². The smallest absolute Gasteiger partial charge is 0.142 e. The van der Waals surface area contributed by atoms with Crippen molar-refractivity contribution in [1.29, 1.82) is 0 Å². The number of anilines is 2. The maximum absolute atomic E-state index is 5.72.